The van der Waals surface area contributed by atoms with E-state index >= 15 is 0 Å². The molecule has 0 unspecified atom stereocenters. The lowest BCUT2D eigenvalue weighted by molar-refractivity contribution is -0.144. The van der Waals surface area contributed by atoms with Crippen LogP contribution in [0.5, 0.6) is 0 Å². The molecule has 1 saturated heterocycles. The molecule has 1 aromatic carbocycles. The number of imidazole rings is 1. The standard InChI is InChI=1S/C15H14F3N5O/c16-15(17,18)14-20-13(21-22-14)10-1-2-12-11(5-10)19-8-23(12)6-9-3-4-24-7-9/h1-2,5,8-9H,3-4,6-7H2,(H,20,21,22)/t9-/m1/s1. The Bertz CT molecular complexity index is 863. The number of aromatic nitrogens is 5. The predicted octanol–water partition coefficient (Wildman–Crippen LogP) is 2.88. The summed E-state index contributed by atoms with van der Waals surface area (Å²) in [4.78, 5) is 7.84. The first-order valence-corrected chi connectivity index (χ1v) is 7.53. The summed E-state index contributed by atoms with van der Waals surface area (Å²) in [5, 5.41) is 5.56. The number of rotatable bonds is 3. The van der Waals surface area contributed by atoms with Gasteiger partial charge in [0, 0.05) is 24.6 Å². The smallest absolute Gasteiger partial charge is 0.381 e. The van der Waals surface area contributed by atoms with E-state index in [1.54, 1.807) is 18.5 Å². The molecule has 0 aliphatic carbocycles. The Balaban J connectivity index is 1.63. The number of aromatic amines is 1. The number of fused-ring (bicyclic) bond motifs is 1. The van der Waals surface area contributed by atoms with Crippen LogP contribution in [0.3, 0.4) is 0 Å². The van der Waals surface area contributed by atoms with Gasteiger partial charge in [0.15, 0.2) is 5.82 Å². The Morgan fingerprint density at radius 2 is 2.21 bits per heavy atom. The lowest BCUT2D eigenvalue weighted by Crippen LogP contribution is -2.09. The van der Waals surface area contributed by atoms with E-state index in [9.17, 15) is 13.2 Å². The van der Waals surface area contributed by atoms with Gasteiger partial charge in [-0.3, -0.25) is 5.10 Å². The molecule has 0 bridgehead atoms. The van der Waals surface area contributed by atoms with Crippen molar-refractivity contribution in [2.24, 2.45) is 5.92 Å². The third-order valence-corrected chi connectivity index (χ3v) is 4.11. The molecule has 6 nitrogen and oxygen atoms in total. The van der Waals surface area contributed by atoms with Crippen molar-refractivity contribution >= 4 is 11.0 Å². The van der Waals surface area contributed by atoms with Crippen LogP contribution in [-0.2, 0) is 17.5 Å². The van der Waals surface area contributed by atoms with Gasteiger partial charge in [-0.25, -0.2) is 9.97 Å². The molecule has 1 atom stereocenters. The first kappa shape index (κ1) is 15.1. The maximum absolute atomic E-state index is 12.6. The summed E-state index contributed by atoms with van der Waals surface area (Å²) in [6.07, 6.45) is -1.78. The van der Waals surface area contributed by atoms with Gasteiger partial charge in [0.2, 0.25) is 5.82 Å². The molecular weight excluding hydrogens is 323 g/mol. The Morgan fingerprint density at radius 3 is 2.92 bits per heavy atom. The predicted molar refractivity (Wildman–Crippen MR) is 79.0 cm³/mol. The van der Waals surface area contributed by atoms with E-state index in [4.69, 9.17) is 4.74 Å². The van der Waals surface area contributed by atoms with Crippen molar-refractivity contribution in [3.63, 3.8) is 0 Å². The van der Waals surface area contributed by atoms with Gasteiger partial charge in [-0.2, -0.15) is 18.3 Å². The zero-order valence-corrected chi connectivity index (χ0v) is 12.5. The van der Waals surface area contributed by atoms with E-state index < -0.39 is 12.0 Å². The topological polar surface area (TPSA) is 68.6 Å². The molecule has 0 radical (unpaired) electrons. The lowest BCUT2D eigenvalue weighted by Gasteiger charge is -2.09. The minimum atomic E-state index is -4.54. The van der Waals surface area contributed by atoms with E-state index in [1.165, 1.54) is 0 Å². The summed E-state index contributed by atoms with van der Waals surface area (Å²) >= 11 is 0. The second kappa shape index (κ2) is 5.59. The molecule has 1 N–H and O–H groups in total. The van der Waals surface area contributed by atoms with Crippen molar-refractivity contribution in [1.29, 1.82) is 0 Å². The number of hydrogen-bond acceptors (Lipinski definition) is 4. The van der Waals surface area contributed by atoms with Crippen LogP contribution in [-0.4, -0.2) is 37.9 Å². The normalized spacial score (nSPS) is 18.5. The molecule has 3 heterocycles. The molecule has 0 amide bonds. The maximum Gasteiger partial charge on any atom is 0.451 e. The highest BCUT2D eigenvalue weighted by molar-refractivity contribution is 5.80. The van der Waals surface area contributed by atoms with Crippen molar-refractivity contribution in [1.82, 2.24) is 24.7 Å². The Hall–Kier alpha value is -2.42. The van der Waals surface area contributed by atoms with Gasteiger partial charge in [0.1, 0.15) is 0 Å². The Labute approximate surface area is 134 Å². The molecule has 1 aliphatic rings. The number of nitrogens with zero attached hydrogens (tertiary/aromatic N) is 4. The average molecular weight is 337 g/mol. The van der Waals surface area contributed by atoms with Crippen LogP contribution >= 0.6 is 0 Å². The quantitative estimate of drug-likeness (QED) is 0.798. The summed E-state index contributed by atoms with van der Waals surface area (Å²) in [7, 11) is 0. The van der Waals surface area contributed by atoms with Crippen molar-refractivity contribution < 1.29 is 17.9 Å². The minimum absolute atomic E-state index is 0.00275. The fourth-order valence-corrected chi connectivity index (χ4v) is 2.87. The summed E-state index contributed by atoms with van der Waals surface area (Å²) in [6, 6.07) is 5.23. The fourth-order valence-electron chi connectivity index (χ4n) is 2.87. The summed E-state index contributed by atoms with van der Waals surface area (Å²) in [5.74, 6) is -0.642. The fraction of sp³-hybridized carbons (Fsp3) is 0.400. The van der Waals surface area contributed by atoms with Crippen LogP contribution in [0.25, 0.3) is 22.4 Å². The minimum Gasteiger partial charge on any atom is -0.381 e. The largest absolute Gasteiger partial charge is 0.451 e. The Kier molecular flexibility index (Phi) is 3.52. The van der Waals surface area contributed by atoms with Crippen LogP contribution in [0.1, 0.15) is 12.2 Å². The molecule has 1 aliphatic heterocycles. The summed E-state index contributed by atoms with van der Waals surface area (Å²) in [5.41, 5.74) is 2.12. The number of H-pyrrole nitrogens is 1. The van der Waals surface area contributed by atoms with Crippen LogP contribution in [0.15, 0.2) is 24.5 Å². The molecule has 1 fully saturated rings. The van der Waals surface area contributed by atoms with E-state index in [0.29, 0.717) is 17.0 Å². The lowest BCUT2D eigenvalue weighted by atomic mass is 10.1. The molecule has 9 heteroatoms. The first-order chi connectivity index (χ1) is 11.5. The van der Waals surface area contributed by atoms with Crippen LogP contribution in [0.4, 0.5) is 13.2 Å². The van der Waals surface area contributed by atoms with Gasteiger partial charge >= 0.3 is 6.18 Å². The summed E-state index contributed by atoms with van der Waals surface area (Å²) in [6.45, 7) is 2.34. The number of hydrogen-bond donors (Lipinski definition) is 1. The average Bonchev–Trinajstić information content (AvgIpc) is 3.27. The monoisotopic (exact) mass is 337 g/mol. The van der Waals surface area contributed by atoms with Gasteiger partial charge in [-0.1, -0.05) is 0 Å². The second-order valence-electron chi connectivity index (χ2n) is 5.84. The van der Waals surface area contributed by atoms with Gasteiger partial charge < -0.3 is 9.30 Å². The highest BCUT2D eigenvalue weighted by atomic mass is 19.4. The molecule has 3 aromatic rings. The van der Waals surface area contributed by atoms with Crippen LogP contribution < -0.4 is 0 Å². The number of ether oxygens (including phenoxy) is 1. The molecule has 2 aromatic heterocycles. The summed E-state index contributed by atoms with van der Waals surface area (Å²) < 4.78 is 45.2. The molecule has 126 valence electrons. The highest BCUT2D eigenvalue weighted by Gasteiger charge is 2.35. The van der Waals surface area contributed by atoms with Crippen LogP contribution in [0.2, 0.25) is 0 Å². The zero-order valence-electron chi connectivity index (χ0n) is 12.5. The first-order valence-electron chi connectivity index (χ1n) is 7.53. The van der Waals surface area contributed by atoms with Gasteiger partial charge in [0.05, 0.1) is 24.0 Å². The highest BCUT2D eigenvalue weighted by Crippen LogP contribution is 2.28. The SMILES string of the molecule is FC(F)(F)c1nc(-c2ccc3c(c2)ncn3C[C@H]2CCOC2)n[nH]1. The van der Waals surface area contributed by atoms with Crippen molar-refractivity contribution in [2.45, 2.75) is 19.1 Å². The van der Waals surface area contributed by atoms with Crippen molar-refractivity contribution in [3.8, 4) is 11.4 Å². The van der Waals surface area contributed by atoms with Gasteiger partial charge in [0.25, 0.3) is 0 Å². The van der Waals surface area contributed by atoms with Crippen LogP contribution in [0, 0.1) is 5.92 Å². The maximum atomic E-state index is 12.6. The Morgan fingerprint density at radius 1 is 1.33 bits per heavy atom. The number of benzene rings is 1. The number of alkyl halides is 3. The third kappa shape index (κ3) is 2.75. The molecule has 0 spiro atoms. The number of halogens is 3. The van der Waals surface area contributed by atoms with E-state index in [0.717, 1.165) is 31.7 Å². The zero-order chi connectivity index (χ0) is 16.7. The van der Waals surface area contributed by atoms with Crippen molar-refractivity contribution in [2.75, 3.05) is 13.2 Å². The van der Waals surface area contributed by atoms with Gasteiger partial charge in [-0.15, -0.1) is 0 Å². The van der Waals surface area contributed by atoms with Gasteiger partial charge in [-0.05, 0) is 24.6 Å². The second-order valence-corrected chi connectivity index (χ2v) is 5.84. The van der Waals surface area contributed by atoms with Crippen molar-refractivity contribution in [3.05, 3.63) is 30.4 Å². The molecule has 4 rings (SSSR count). The van der Waals surface area contributed by atoms with E-state index in [1.807, 2.05) is 15.7 Å². The third-order valence-electron chi connectivity index (χ3n) is 4.11. The van der Waals surface area contributed by atoms with E-state index in [-0.39, 0.29) is 5.82 Å². The number of nitrogens with one attached hydrogen (secondary N) is 1. The molecule has 24 heavy (non-hydrogen) atoms. The van der Waals surface area contributed by atoms with E-state index in [2.05, 4.69) is 15.1 Å². The molecule has 0 saturated carbocycles. The molecular formula is C15H14F3N5O.